The molecule has 1 amide bonds. The zero-order valence-corrected chi connectivity index (χ0v) is 12.8. The molecule has 5 heteroatoms. The Hall–Kier alpha value is -2.82. The maximum atomic E-state index is 12.2. The molecule has 0 saturated carbocycles. The highest BCUT2D eigenvalue weighted by Crippen LogP contribution is 2.24. The van der Waals surface area contributed by atoms with Crippen molar-refractivity contribution in [1.29, 1.82) is 0 Å². The van der Waals surface area contributed by atoms with Gasteiger partial charge in [-0.15, -0.1) is 0 Å². The molecule has 2 aromatic carbocycles. The first-order valence-corrected chi connectivity index (χ1v) is 6.77. The molecule has 2 aromatic rings. The summed E-state index contributed by atoms with van der Waals surface area (Å²) in [7, 11) is 3.06. The minimum absolute atomic E-state index is 0.338. The van der Waals surface area contributed by atoms with E-state index in [0.717, 1.165) is 11.3 Å². The SMILES string of the molecule is COc1ccc(C(=O)N/N=C(/C)c2ccccc2)c(OC)c1. The van der Waals surface area contributed by atoms with E-state index in [4.69, 9.17) is 9.47 Å². The topological polar surface area (TPSA) is 59.9 Å². The van der Waals surface area contributed by atoms with E-state index in [9.17, 15) is 4.79 Å². The van der Waals surface area contributed by atoms with Gasteiger partial charge in [-0.25, -0.2) is 5.43 Å². The summed E-state index contributed by atoms with van der Waals surface area (Å²) in [6.07, 6.45) is 0. The summed E-state index contributed by atoms with van der Waals surface area (Å²) in [4.78, 5) is 12.2. The average molecular weight is 298 g/mol. The van der Waals surface area contributed by atoms with Crippen molar-refractivity contribution in [2.45, 2.75) is 6.92 Å². The zero-order valence-electron chi connectivity index (χ0n) is 12.8. The second-order valence-corrected chi connectivity index (χ2v) is 4.57. The molecule has 5 nitrogen and oxygen atoms in total. The van der Waals surface area contributed by atoms with Gasteiger partial charge in [-0.05, 0) is 24.6 Å². The Balaban J connectivity index is 2.16. The Bertz CT molecular complexity index is 682. The number of nitrogens with one attached hydrogen (secondary N) is 1. The highest BCUT2D eigenvalue weighted by molar-refractivity contribution is 6.01. The summed E-state index contributed by atoms with van der Waals surface area (Å²) in [5, 5.41) is 4.12. The third-order valence-corrected chi connectivity index (χ3v) is 3.17. The number of benzene rings is 2. The summed E-state index contributed by atoms with van der Waals surface area (Å²) in [6.45, 7) is 1.83. The Morgan fingerprint density at radius 3 is 2.41 bits per heavy atom. The summed E-state index contributed by atoms with van der Waals surface area (Å²) in [6, 6.07) is 14.6. The molecular formula is C17H18N2O3. The molecule has 0 radical (unpaired) electrons. The van der Waals surface area contributed by atoms with Gasteiger partial charge in [0.25, 0.3) is 5.91 Å². The first-order valence-electron chi connectivity index (χ1n) is 6.77. The van der Waals surface area contributed by atoms with Crippen LogP contribution in [0.3, 0.4) is 0 Å². The molecule has 0 spiro atoms. The summed E-state index contributed by atoms with van der Waals surface area (Å²) >= 11 is 0. The summed E-state index contributed by atoms with van der Waals surface area (Å²) in [5.41, 5.74) is 4.61. The lowest BCUT2D eigenvalue weighted by Crippen LogP contribution is -2.20. The third-order valence-electron chi connectivity index (χ3n) is 3.17. The van der Waals surface area contributed by atoms with Gasteiger partial charge in [0, 0.05) is 6.07 Å². The number of hydrazone groups is 1. The van der Waals surface area contributed by atoms with Crippen molar-refractivity contribution in [3.05, 3.63) is 59.7 Å². The number of hydrogen-bond acceptors (Lipinski definition) is 4. The second kappa shape index (κ2) is 7.26. The van der Waals surface area contributed by atoms with Gasteiger partial charge in [-0.2, -0.15) is 5.10 Å². The van der Waals surface area contributed by atoms with E-state index in [0.29, 0.717) is 17.1 Å². The second-order valence-electron chi connectivity index (χ2n) is 4.57. The van der Waals surface area contributed by atoms with Crippen LogP contribution < -0.4 is 14.9 Å². The minimum atomic E-state index is -0.338. The lowest BCUT2D eigenvalue weighted by atomic mass is 10.1. The predicted molar refractivity (Wildman–Crippen MR) is 85.7 cm³/mol. The molecule has 0 aliphatic heterocycles. The van der Waals surface area contributed by atoms with E-state index < -0.39 is 0 Å². The lowest BCUT2D eigenvalue weighted by Gasteiger charge is -2.09. The van der Waals surface area contributed by atoms with Gasteiger partial charge in [0.2, 0.25) is 0 Å². The molecule has 0 aromatic heterocycles. The van der Waals surface area contributed by atoms with Gasteiger partial charge in [0.05, 0.1) is 25.5 Å². The largest absolute Gasteiger partial charge is 0.497 e. The molecule has 22 heavy (non-hydrogen) atoms. The molecule has 2 rings (SSSR count). The fourth-order valence-corrected chi connectivity index (χ4v) is 1.92. The van der Waals surface area contributed by atoms with Crippen LogP contribution in [0.25, 0.3) is 0 Å². The van der Waals surface area contributed by atoms with Crippen LogP contribution in [-0.2, 0) is 0 Å². The van der Waals surface area contributed by atoms with Crippen molar-refractivity contribution >= 4 is 11.6 Å². The van der Waals surface area contributed by atoms with Gasteiger partial charge in [-0.3, -0.25) is 4.79 Å². The maximum Gasteiger partial charge on any atom is 0.275 e. The zero-order chi connectivity index (χ0) is 15.9. The van der Waals surface area contributed by atoms with Crippen LogP contribution in [0.1, 0.15) is 22.8 Å². The molecule has 1 N–H and O–H groups in total. The fraction of sp³-hybridized carbons (Fsp3) is 0.176. The molecule has 0 aliphatic carbocycles. The fourth-order valence-electron chi connectivity index (χ4n) is 1.92. The molecule has 0 aliphatic rings. The van der Waals surface area contributed by atoms with E-state index in [1.165, 1.54) is 7.11 Å². The Morgan fingerprint density at radius 2 is 1.77 bits per heavy atom. The van der Waals surface area contributed by atoms with E-state index in [1.807, 2.05) is 37.3 Å². The lowest BCUT2D eigenvalue weighted by molar-refractivity contribution is 0.0952. The van der Waals surface area contributed by atoms with Crippen LogP contribution in [-0.4, -0.2) is 25.8 Å². The van der Waals surface area contributed by atoms with E-state index in [-0.39, 0.29) is 5.91 Å². The summed E-state index contributed by atoms with van der Waals surface area (Å²) in [5.74, 6) is 0.719. The average Bonchev–Trinajstić information content (AvgIpc) is 2.59. The van der Waals surface area contributed by atoms with Gasteiger partial charge in [0.1, 0.15) is 11.5 Å². The van der Waals surface area contributed by atoms with Crippen LogP contribution >= 0.6 is 0 Å². The molecule has 0 fully saturated rings. The normalized spacial score (nSPS) is 11.0. The maximum absolute atomic E-state index is 12.2. The number of methoxy groups -OCH3 is 2. The molecule has 114 valence electrons. The molecular weight excluding hydrogens is 280 g/mol. The summed E-state index contributed by atoms with van der Waals surface area (Å²) < 4.78 is 10.3. The molecule has 0 unspecified atom stereocenters. The van der Waals surface area contributed by atoms with Crippen LogP contribution in [0.4, 0.5) is 0 Å². The smallest absolute Gasteiger partial charge is 0.275 e. The highest BCUT2D eigenvalue weighted by Gasteiger charge is 2.12. The van der Waals surface area contributed by atoms with E-state index in [1.54, 1.807) is 25.3 Å². The molecule has 0 heterocycles. The number of amides is 1. The van der Waals surface area contributed by atoms with Gasteiger partial charge in [0.15, 0.2) is 0 Å². The third kappa shape index (κ3) is 3.63. The number of hydrogen-bond donors (Lipinski definition) is 1. The van der Waals surface area contributed by atoms with Crippen LogP contribution in [0.2, 0.25) is 0 Å². The van der Waals surface area contributed by atoms with Crippen molar-refractivity contribution in [3.63, 3.8) is 0 Å². The van der Waals surface area contributed by atoms with Crippen molar-refractivity contribution in [2.75, 3.05) is 14.2 Å². The number of nitrogens with zero attached hydrogens (tertiary/aromatic N) is 1. The first kappa shape index (κ1) is 15.6. The van der Waals surface area contributed by atoms with Crippen LogP contribution in [0.5, 0.6) is 11.5 Å². The number of ether oxygens (including phenoxy) is 2. The quantitative estimate of drug-likeness (QED) is 0.682. The Labute approximate surface area is 129 Å². The first-order chi connectivity index (χ1) is 10.7. The van der Waals surface area contributed by atoms with Crippen LogP contribution in [0, 0.1) is 0 Å². The predicted octanol–water partition coefficient (Wildman–Crippen LogP) is 2.86. The Morgan fingerprint density at radius 1 is 1.05 bits per heavy atom. The molecule has 0 atom stereocenters. The highest BCUT2D eigenvalue weighted by atomic mass is 16.5. The number of rotatable bonds is 5. The van der Waals surface area contributed by atoms with Crippen LogP contribution in [0.15, 0.2) is 53.6 Å². The van der Waals surface area contributed by atoms with Gasteiger partial charge >= 0.3 is 0 Å². The standard InChI is InChI=1S/C17H18N2O3/c1-12(13-7-5-4-6-8-13)18-19-17(20)15-10-9-14(21-2)11-16(15)22-3/h4-11H,1-3H3,(H,19,20)/b18-12-. The van der Waals surface area contributed by atoms with Crippen molar-refractivity contribution in [3.8, 4) is 11.5 Å². The van der Waals surface area contributed by atoms with Crippen molar-refractivity contribution in [1.82, 2.24) is 5.43 Å². The molecule has 0 bridgehead atoms. The minimum Gasteiger partial charge on any atom is -0.497 e. The molecule has 0 saturated heterocycles. The van der Waals surface area contributed by atoms with E-state index >= 15 is 0 Å². The monoisotopic (exact) mass is 298 g/mol. The number of carbonyl (C=O) groups is 1. The van der Waals surface area contributed by atoms with Crippen molar-refractivity contribution < 1.29 is 14.3 Å². The van der Waals surface area contributed by atoms with Crippen molar-refractivity contribution in [2.24, 2.45) is 5.10 Å². The number of carbonyl (C=O) groups excluding carboxylic acids is 1. The Kier molecular flexibility index (Phi) is 5.14. The van der Waals surface area contributed by atoms with E-state index in [2.05, 4.69) is 10.5 Å². The van der Waals surface area contributed by atoms with Gasteiger partial charge in [-0.1, -0.05) is 30.3 Å². The van der Waals surface area contributed by atoms with Gasteiger partial charge < -0.3 is 9.47 Å².